The van der Waals surface area contributed by atoms with Crippen LogP contribution in [0.2, 0.25) is 0 Å². The molecule has 0 radical (unpaired) electrons. The molecule has 3 nitrogen and oxygen atoms in total. The van der Waals surface area contributed by atoms with E-state index in [1.165, 1.54) is 33.3 Å². The van der Waals surface area contributed by atoms with E-state index in [-0.39, 0.29) is 23.5 Å². The monoisotopic (exact) mass is 212 g/mol. The molecular weight excluding hydrogens is 199 g/mol. The smallest absolute Gasteiger partial charge is 0.167 e. The Hall–Kier alpha value is -1.58. The fraction of sp³-hybridized carbons (Fsp3) is 0.364. The van der Waals surface area contributed by atoms with Crippen molar-refractivity contribution in [3.8, 4) is 11.5 Å². The molecule has 0 aliphatic rings. The summed E-state index contributed by atoms with van der Waals surface area (Å²) in [6, 6.07) is 2.73. The van der Waals surface area contributed by atoms with Crippen LogP contribution in [0.5, 0.6) is 11.5 Å². The number of carbonyl (C=O) groups excluding carboxylic acids is 1. The highest BCUT2D eigenvalue weighted by Gasteiger charge is 2.16. The van der Waals surface area contributed by atoms with Crippen LogP contribution in [0.1, 0.15) is 12.5 Å². The standard InChI is InChI=1S/C11H13FO3/c1-7(13)6-8-9(12)4-5-10(14-2)11(8)15-3/h4-5H,6H2,1-3H3. The molecule has 0 N–H and O–H groups in total. The van der Waals surface area contributed by atoms with Crippen molar-refractivity contribution in [2.24, 2.45) is 0 Å². The van der Waals surface area contributed by atoms with Crippen molar-refractivity contribution >= 4 is 5.78 Å². The zero-order valence-corrected chi connectivity index (χ0v) is 8.96. The molecule has 0 aromatic heterocycles. The third-order valence-corrected chi connectivity index (χ3v) is 2.02. The predicted molar refractivity (Wildman–Crippen MR) is 53.9 cm³/mol. The molecule has 1 aromatic carbocycles. The van der Waals surface area contributed by atoms with Crippen LogP contribution in [0.4, 0.5) is 4.39 Å². The summed E-state index contributed by atoms with van der Waals surface area (Å²) in [5.74, 6) is 0.131. The maximum atomic E-state index is 13.4. The predicted octanol–water partition coefficient (Wildman–Crippen LogP) is 1.97. The van der Waals surface area contributed by atoms with Crippen LogP contribution < -0.4 is 9.47 Å². The molecule has 0 saturated heterocycles. The zero-order chi connectivity index (χ0) is 11.4. The number of benzene rings is 1. The van der Waals surface area contributed by atoms with E-state index in [1.807, 2.05) is 0 Å². The lowest BCUT2D eigenvalue weighted by molar-refractivity contribution is -0.116. The largest absolute Gasteiger partial charge is 0.493 e. The quantitative estimate of drug-likeness (QED) is 0.765. The van der Waals surface area contributed by atoms with Gasteiger partial charge < -0.3 is 9.47 Å². The Balaban J connectivity index is 3.25. The Morgan fingerprint density at radius 3 is 2.47 bits per heavy atom. The van der Waals surface area contributed by atoms with Crippen molar-refractivity contribution in [3.05, 3.63) is 23.5 Å². The van der Waals surface area contributed by atoms with Crippen molar-refractivity contribution in [3.63, 3.8) is 0 Å². The first kappa shape index (κ1) is 11.5. The van der Waals surface area contributed by atoms with Gasteiger partial charge in [0.15, 0.2) is 11.5 Å². The van der Waals surface area contributed by atoms with Crippen LogP contribution in [-0.2, 0) is 11.2 Å². The topological polar surface area (TPSA) is 35.5 Å². The number of halogens is 1. The van der Waals surface area contributed by atoms with E-state index >= 15 is 0 Å². The fourth-order valence-electron chi connectivity index (χ4n) is 1.38. The molecule has 1 aromatic rings. The molecule has 0 unspecified atom stereocenters. The zero-order valence-electron chi connectivity index (χ0n) is 8.96. The lowest BCUT2D eigenvalue weighted by Gasteiger charge is -2.12. The van der Waals surface area contributed by atoms with Crippen LogP contribution in [-0.4, -0.2) is 20.0 Å². The first-order valence-corrected chi connectivity index (χ1v) is 4.49. The van der Waals surface area contributed by atoms with Crippen LogP contribution in [0.3, 0.4) is 0 Å². The van der Waals surface area contributed by atoms with Gasteiger partial charge in [-0.2, -0.15) is 0 Å². The number of carbonyl (C=O) groups is 1. The van der Waals surface area contributed by atoms with Gasteiger partial charge in [-0.1, -0.05) is 0 Å². The van der Waals surface area contributed by atoms with Crippen molar-refractivity contribution in [1.82, 2.24) is 0 Å². The minimum Gasteiger partial charge on any atom is -0.493 e. The third kappa shape index (κ3) is 2.46. The highest BCUT2D eigenvalue weighted by Crippen LogP contribution is 2.33. The van der Waals surface area contributed by atoms with Crippen molar-refractivity contribution in [2.45, 2.75) is 13.3 Å². The normalized spacial score (nSPS) is 9.87. The second-order valence-electron chi connectivity index (χ2n) is 3.14. The van der Waals surface area contributed by atoms with Gasteiger partial charge in [0.25, 0.3) is 0 Å². The lowest BCUT2D eigenvalue weighted by atomic mass is 10.1. The second kappa shape index (κ2) is 4.77. The van der Waals surface area contributed by atoms with Crippen LogP contribution in [0.15, 0.2) is 12.1 Å². The van der Waals surface area contributed by atoms with Gasteiger partial charge in [-0.05, 0) is 19.1 Å². The number of Topliss-reactive ketones (excluding diaryl/α,β-unsaturated/α-hetero) is 1. The Kier molecular flexibility index (Phi) is 3.66. The molecule has 0 aliphatic carbocycles. The van der Waals surface area contributed by atoms with Gasteiger partial charge in [-0.25, -0.2) is 4.39 Å². The molecule has 82 valence electrons. The summed E-state index contributed by atoms with van der Waals surface area (Å²) in [6.07, 6.45) is 0.00616. The Morgan fingerprint density at radius 1 is 1.33 bits per heavy atom. The highest BCUT2D eigenvalue weighted by atomic mass is 19.1. The van der Waals surface area contributed by atoms with Crippen molar-refractivity contribution in [2.75, 3.05) is 14.2 Å². The van der Waals surface area contributed by atoms with E-state index in [1.54, 1.807) is 0 Å². The van der Waals surface area contributed by atoms with Crippen LogP contribution in [0, 0.1) is 5.82 Å². The van der Waals surface area contributed by atoms with Gasteiger partial charge >= 0.3 is 0 Å². The molecule has 0 saturated carbocycles. The molecule has 15 heavy (non-hydrogen) atoms. The SMILES string of the molecule is COc1ccc(F)c(CC(C)=O)c1OC. The van der Waals surface area contributed by atoms with Gasteiger partial charge in [0.1, 0.15) is 11.6 Å². The first-order valence-electron chi connectivity index (χ1n) is 4.49. The molecule has 0 amide bonds. The Bertz CT molecular complexity index is 374. The molecule has 0 fully saturated rings. The maximum Gasteiger partial charge on any atom is 0.167 e. The highest BCUT2D eigenvalue weighted by molar-refractivity contribution is 5.79. The fourth-order valence-corrected chi connectivity index (χ4v) is 1.38. The second-order valence-corrected chi connectivity index (χ2v) is 3.14. The Morgan fingerprint density at radius 2 is 2.00 bits per heavy atom. The summed E-state index contributed by atoms with van der Waals surface area (Å²) in [4.78, 5) is 11.0. The summed E-state index contributed by atoms with van der Waals surface area (Å²) >= 11 is 0. The molecule has 0 bridgehead atoms. The summed E-state index contributed by atoms with van der Waals surface area (Å²) in [7, 11) is 2.88. The lowest BCUT2D eigenvalue weighted by Crippen LogP contribution is -2.04. The first-order chi connectivity index (χ1) is 7.10. The number of ether oxygens (including phenoxy) is 2. The maximum absolute atomic E-state index is 13.4. The summed E-state index contributed by atoms with van der Waals surface area (Å²) in [6.45, 7) is 1.40. The van der Waals surface area contributed by atoms with E-state index in [0.717, 1.165) is 0 Å². The average molecular weight is 212 g/mol. The van der Waals surface area contributed by atoms with E-state index in [2.05, 4.69) is 0 Å². The van der Waals surface area contributed by atoms with E-state index in [4.69, 9.17) is 9.47 Å². The van der Waals surface area contributed by atoms with Gasteiger partial charge in [-0.3, -0.25) is 4.79 Å². The Labute approximate surface area is 87.8 Å². The van der Waals surface area contributed by atoms with Crippen LogP contribution in [0.25, 0.3) is 0 Å². The molecule has 0 heterocycles. The van der Waals surface area contributed by atoms with Gasteiger partial charge in [0.05, 0.1) is 14.2 Å². The van der Waals surface area contributed by atoms with Crippen molar-refractivity contribution in [1.29, 1.82) is 0 Å². The minimum atomic E-state index is -0.456. The minimum absolute atomic E-state index is 0.00616. The van der Waals surface area contributed by atoms with Crippen molar-refractivity contribution < 1.29 is 18.7 Å². The number of methoxy groups -OCH3 is 2. The summed E-state index contributed by atoms with van der Waals surface area (Å²) in [5.41, 5.74) is 0.240. The third-order valence-electron chi connectivity index (χ3n) is 2.02. The average Bonchev–Trinajstić information content (AvgIpc) is 2.20. The molecule has 0 aliphatic heterocycles. The molecule has 1 rings (SSSR count). The number of ketones is 1. The van der Waals surface area contributed by atoms with Gasteiger partial charge in [0, 0.05) is 12.0 Å². The molecule has 0 atom stereocenters. The number of hydrogen-bond acceptors (Lipinski definition) is 3. The summed E-state index contributed by atoms with van der Waals surface area (Å²) in [5, 5.41) is 0. The van der Waals surface area contributed by atoms with E-state index < -0.39 is 5.82 Å². The van der Waals surface area contributed by atoms with Gasteiger partial charge in [-0.15, -0.1) is 0 Å². The molecular formula is C11H13FO3. The van der Waals surface area contributed by atoms with E-state index in [9.17, 15) is 9.18 Å². The number of rotatable bonds is 4. The number of hydrogen-bond donors (Lipinski definition) is 0. The summed E-state index contributed by atoms with van der Waals surface area (Å²) < 4.78 is 23.5. The van der Waals surface area contributed by atoms with Crippen LogP contribution >= 0.6 is 0 Å². The van der Waals surface area contributed by atoms with Gasteiger partial charge in [0.2, 0.25) is 0 Å². The molecule has 0 spiro atoms. The molecule has 4 heteroatoms. The van der Waals surface area contributed by atoms with E-state index in [0.29, 0.717) is 5.75 Å².